The van der Waals surface area contributed by atoms with Gasteiger partial charge in [0.1, 0.15) is 5.75 Å². The highest BCUT2D eigenvalue weighted by Gasteiger charge is 2.23. The molecule has 7 heteroatoms. The summed E-state index contributed by atoms with van der Waals surface area (Å²) in [7, 11) is -2.30. The Morgan fingerprint density at radius 3 is 2.50 bits per heavy atom. The van der Waals surface area contributed by atoms with Gasteiger partial charge in [0.25, 0.3) is 0 Å². The topological polar surface area (TPSA) is 84.5 Å². The maximum absolute atomic E-state index is 12.5. The summed E-state index contributed by atoms with van der Waals surface area (Å²) in [5, 5.41) is 2.78. The molecule has 0 radical (unpaired) electrons. The van der Waals surface area contributed by atoms with E-state index in [2.05, 4.69) is 10.0 Å². The first-order valence-electron chi connectivity index (χ1n) is 8.34. The van der Waals surface area contributed by atoms with Crippen LogP contribution in [0.4, 0.5) is 5.69 Å². The number of aryl methyl sites for hydroxylation is 2. The van der Waals surface area contributed by atoms with E-state index in [1.54, 1.807) is 19.1 Å². The van der Waals surface area contributed by atoms with Crippen LogP contribution < -0.4 is 14.8 Å². The number of carbonyl (C=O) groups is 1. The zero-order valence-electron chi connectivity index (χ0n) is 15.4. The number of hydrogen-bond donors (Lipinski definition) is 2. The molecule has 26 heavy (non-hydrogen) atoms. The fourth-order valence-electron chi connectivity index (χ4n) is 2.56. The van der Waals surface area contributed by atoms with Gasteiger partial charge in [0, 0.05) is 5.69 Å². The predicted molar refractivity (Wildman–Crippen MR) is 102 cm³/mol. The van der Waals surface area contributed by atoms with Crippen molar-refractivity contribution in [2.75, 3.05) is 12.4 Å². The van der Waals surface area contributed by atoms with Gasteiger partial charge in [-0.15, -0.1) is 0 Å². The van der Waals surface area contributed by atoms with E-state index in [4.69, 9.17) is 4.74 Å². The molecular weight excluding hydrogens is 352 g/mol. The predicted octanol–water partition coefficient (Wildman–Crippen LogP) is 2.87. The second-order valence-electron chi connectivity index (χ2n) is 5.97. The highest BCUT2D eigenvalue weighted by atomic mass is 32.2. The first kappa shape index (κ1) is 19.9. The number of ether oxygens (including phenoxy) is 1. The maximum Gasteiger partial charge on any atom is 0.242 e. The van der Waals surface area contributed by atoms with Crippen LogP contribution >= 0.6 is 0 Å². The van der Waals surface area contributed by atoms with Crippen LogP contribution in [-0.4, -0.2) is 27.5 Å². The number of sulfonamides is 1. The molecule has 0 spiro atoms. The summed E-state index contributed by atoms with van der Waals surface area (Å²) in [5.74, 6) is 0.186. The molecule has 2 N–H and O–H groups in total. The Hall–Kier alpha value is -2.38. The van der Waals surface area contributed by atoms with E-state index in [-0.39, 0.29) is 4.90 Å². The molecule has 1 amide bonds. The van der Waals surface area contributed by atoms with Gasteiger partial charge in [-0.2, -0.15) is 4.72 Å². The Kier molecular flexibility index (Phi) is 6.39. The zero-order chi connectivity index (χ0) is 19.3. The third-order valence-electron chi connectivity index (χ3n) is 4.06. The number of amides is 1. The Balaban J connectivity index is 2.13. The van der Waals surface area contributed by atoms with E-state index in [9.17, 15) is 13.2 Å². The number of para-hydroxylation sites is 1. The van der Waals surface area contributed by atoms with Gasteiger partial charge in [-0.25, -0.2) is 8.42 Å². The van der Waals surface area contributed by atoms with Crippen LogP contribution in [0.15, 0.2) is 47.4 Å². The second kappa shape index (κ2) is 8.33. The monoisotopic (exact) mass is 376 g/mol. The molecule has 0 fully saturated rings. The molecule has 2 aromatic carbocycles. The molecule has 6 nitrogen and oxygen atoms in total. The van der Waals surface area contributed by atoms with E-state index in [1.807, 2.05) is 25.1 Å². The van der Waals surface area contributed by atoms with Gasteiger partial charge in [-0.1, -0.05) is 25.1 Å². The minimum absolute atomic E-state index is 0.0874. The Morgan fingerprint density at radius 1 is 1.19 bits per heavy atom. The average Bonchev–Trinajstić information content (AvgIpc) is 2.61. The molecule has 0 saturated heterocycles. The van der Waals surface area contributed by atoms with E-state index < -0.39 is 22.0 Å². The van der Waals surface area contributed by atoms with Crippen molar-refractivity contribution < 1.29 is 17.9 Å². The molecule has 0 saturated carbocycles. The molecule has 0 heterocycles. The molecule has 1 atom stereocenters. The number of hydrogen-bond acceptors (Lipinski definition) is 4. The minimum atomic E-state index is -3.83. The van der Waals surface area contributed by atoms with Crippen LogP contribution in [0.5, 0.6) is 5.75 Å². The molecule has 0 aliphatic heterocycles. The summed E-state index contributed by atoms with van der Waals surface area (Å²) in [6.07, 6.45) is 0.766. The number of nitrogens with one attached hydrogen (secondary N) is 2. The summed E-state index contributed by atoms with van der Waals surface area (Å²) in [6, 6.07) is 11.1. The average molecular weight is 376 g/mol. The third-order valence-corrected chi connectivity index (χ3v) is 5.60. The van der Waals surface area contributed by atoms with Gasteiger partial charge >= 0.3 is 0 Å². The number of methoxy groups -OCH3 is 1. The van der Waals surface area contributed by atoms with Crippen molar-refractivity contribution in [3.05, 3.63) is 53.6 Å². The second-order valence-corrected chi connectivity index (χ2v) is 7.69. The molecule has 0 aliphatic rings. The largest absolute Gasteiger partial charge is 0.496 e. The lowest BCUT2D eigenvalue weighted by molar-refractivity contribution is -0.117. The minimum Gasteiger partial charge on any atom is -0.496 e. The van der Waals surface area contributed by atoms with Gasteiger partial charge in [0.2, 0.25) is 15.9 Å². The summed E-state index contributed by atoms with van der Waals surface area (Å²) >= 11 is 0. The van der Waals surface area contributed by atoms with Crippen molar-refractivity contribution in [1.82, 2.24) is 4.72 Å². The van der Waals surface area contributed by atoms with Crippen LogP contribution in [0.25, 0.3) is 0 Å². The molecule has 0 aliphatic carbocycles. The summed E-state index contributed by atoms with van der Waals surface area (Å²) in [6.45, 7) is 5.26. The number of carbonyl (C=O) groups excluding carboxylic acids is 1. The van der Waals surface area contributed by atoms with Crippen LogP contribution in [0.3, 0.4) is 0 Å². The van der Waals surface area contributed by atoms with Gasteiger partial charge in [0.05, 0.1) is 18.0 Å². The lowest BCUT2D eigenvalue weighted by Gasteiger charge is -2.16. The van der Waals surface area contributed by atoms with E-state index in [0.717, 1.165) is 12.0 Å². The van der Waals surface area contributed by atoms with Crippen LogP contribution in [0, 0.1) is 6.92 Å². The van der Waals surface area contributed by atoms with Crippen molar-refractivity contribution >= 4 is 21.6 Å². The van der Waals surface area contributed by atoms with Crippen molar-refractivity contribution in [3.63, 3.8) is 0 Å². The first-order valence-corrected chi connectivity index (χ1v) is 9.82. The fraction of sp³-hybridized carbons (Fsp3) is 0.316. The Labute approximate surface area is 154 Å². The van der Waals surface area contributed by atoms with E-state index in [1.165, 1.54) is 26.2 Å². The molecule has 0 unspecified atom stereocenters. The van der Waals surface area contributed by atoms with Crippen LogP contribution in [-0.2, 0) is 21.2 Å². The molecule has 0 aromatic heterocycles. The summed E-state index contributed by atoms with van der Waals surface area (Å²) in [5.41, 5.74) is 2.37. The molecule has 2 aromatic rings. The third kappa shape index (κ3) is 4.62. The normalized spacial score (nSPS) is 12.5. The smallest absolute Gasteiger partial charge is 0.242 e. The van der Waals surface area contributed by atoms with Crippen molar-refractivity contribution in [2.45, 2.75) is 38.1 Å². The lowest BCUT2D eigenvalue weighted by Crippen LogP contribution is -2.41. The van der Waals surface area contributed by atoms with Crippen LogP contribution in [0.2, 0.25) is 0 Å². The molecule has 140 valence electrons. The standard InChI is InChI=1S/C19H24N2O4S/c1-5-15-8-6-7-9-17(15)20-19(22)14(3)21-26(23,24)16-10-11-18(25-4)13(2)12-16/h6-12,14,21H,5H2,1-4H3,(H,20,22)/t14-/m0/s1. The van der Waals surface area contributed by atoms with Crippen molar-refractivity contribution in [2.24, 2.45) is 0 Å². The SMILES string of the molecule is CCc1ccccc1NC(=O)[C@H](C)NS(=O)(=O)c1ccc(OC)c(C)c1. The molecule has 0 bridgehead atoms. The molecular formula is C19H24N2O4S. The Morgan fingerprint density at radius 2 is 1.88 bits per heavy atom. The lowest BCUT2D eigenvalue weighted by atomic mass is 10.1. The summed E-state index contributed by atoms with van der Waals surface area (Å²) < 4.78 is 32.6. The molecule has 2 rings (SSSR count). The highest BCUT2D eigenvalue weighted by molar-refractivity contribution is 7.89. The maximum atomic E-state index is 12.5. The van der Waals surface area contributed by atoms with Gasteiger partial charge < -0.3 is 10.1 Å². The zero-order valence-corrected chi connectivity index (χ0v) is 16.2. The number of benzene rings is 2. The number of anilines is 1. The van der Waals surface area contributed by atoms with Gasteiger partial charge in [0.15, 0.2) is 0 Å². The Bertz CT molecular complexity index is 894. The van der Waals surface area contributed by atoms with Crippen molar-refractivity contribution in [1.29, 1.82) is 0 Å². The van der Waals surface area contributed by atoms with Gasteiger partial charge in [-0.3, -0.25) is 4.79 Å². The van der Waals surface area contributed by atoms with Gasteiger partial charge in [-0.05, 0) is 55.7 Å². The van der Waals surface area contributed by atoms with E-state index >= 15 is 0 Å². The fourth-order valence-corrected chi connectivity index (χ4v) is 3.85. The highest BCUT2D eigenvalue weighted by Crippen LogP contribution is 2.21. The quantitative estimate of drug-likeness (QED) is 0.778. The van der Waals surface area contributed by atoms with Crippen LogP contribution in [0.1, 0.15) is 25.0 Å². The number of rotatable bonds is 7. The van der Waals surface area contributed by atoms with E-state index in [0.29, 0.717) is 17.0 Å². The van der Waals surface area contributed by atoms with Crippen molar-refractivity contribution in [3.8, 4) is 5.75 Å². The first-order chi connectivity index (χ1) is 12.3. The summed E-state index contributed by atoms with van der Waals surface area (Å²) in [4.78, 5) is 12.5.